The number of amides is 1. The molecule has 124 valence electrons. The number of aromatic nitrogens is 3. The van der Waals surface area contributed by atoms with Crippen LogP contribution in [0.15, 0.2) is 24.5 Å². The number of methoxy groups -OCH3 is 2. The van der Waals surface area contributed by atoms with Gasteiger partial charge in [-0.1, -0.05) is 0 Å². The number of ether oxygens (including phenoxy) is 2. The first kappa shape index (κ1) is 15.7. The summed E-state index contributed by atoms with van der Waals surface area (Å²) in [4.78, 5) is 18.7. The fourth-order valence-electron chi connectivity index (χ4n) is 2.65. The molecule has 3 rings (SSSR count). The van der Waals surface area contributed by atoms with E-state index >= 15 is 0 Å². The standard InChI is InChI=1S/C16H15FN4O3/c1-21-11(4-9-5-13(20-8-22)18-7-12(9)21)14-15(23-2)10(17)6-19-16(14)24-3/h4-8H,1-3H3,(H,18,20,22). The number of aryl methyl sites for hydroxylation is 1. The van der Waals surface area contributed by atoms with Crippen LogP contribution in [0.1, 0.15) is 0 Å². The fourth-order valence-corrected chi connectivity index (χ4v) is 2.65. The zero-order chi connectivity index (χ0) is 17.3. The maximum absolute atomic E-state index is 14.1. The predicted molar refractivity (Wildman–Crippen MR) is 86.7 cm³/mol. The Bertz CT molecular complexity index is 923. The van der Waals surface area contributed by atoms with Gasteiger partial charge in [-0.25, -0.2) is 14.4 Å². The molecule has 1 N–H and O–H groups in total. The summed E-state index contributed by atoms with van der Waals surface area (Å²) in [5.74, 6) is 0.135. The third-order valence-corrected chi connectivity index (χ3v) is 3.74. The Kier molecular flexibility index (Phi) is 4.03. The van der Waals surface area contributed by atoms with E-state index in [1.165, 1.54) is 14.2 Å². The Morgan fingerprint density at radius 1 is 1.21 bits per heavy atom. The van der Waals surface area contributed by atoms with Crippen molar-refractivity contribution >= 4 is 23.1 Å². The molecule has 0 aliphatic rings. The molecule has 0 aliphatic carbocycles. The van der Waals surface area contributed by atoms with Crippen LogP contribution in [0.3, 0.4) is 0 Å². The number of carbonyl (C=O) groups excluding carboxylic acids is 1. The average Bonchev–Trinajstić information content (AvgIpc) is 2.91. The van der Waals surface area contributed by atoms with Gasteiger partial charge in [0.05, 0.1) is 37.8 Å². The molecule has 0 spiro atoms. The minimum Gasteiger partial charge on any atom is -0.493 e. The Hall–Kier alpha value is -3.16. The van der Waals surface area contributed by atoms with E-state index in [1.54, 1.807) is 12.3 Å². The van der Waals surface area contributed by atoms with Gasteiger partial charge in [0.25, 0.3) is 0 Å². The minimum absolute atomic E-state index is 0.0481. The van der Waals surface area contributed by atoms with Crippen molar-refractivity contribution in [3.05, 3.63) is 30.3 Å². The molecule has 0 aromatic carbocycles. The first-order valence-electron chi connectivity index (χ1n) is 7.03. The van der Waals surface area contributed by atoms with Crippen molar-refractivity contribution in [3.63, 3.8) is 0 Å². The molecule has 1 amide bonds. The van der Waals surface area contributed by atoms with Crippen molar-refractivity contribution < 1.29 is 18.7 Å². The number of hydrogen-bond acceptors (Lipinski definition) is 5. The third kappa shape index (κ3) is 2.41. The molecule has 0 bridgehead atoms. The maximum Gasteiger partial charge on any atom is 0.226 e. The summed E-state index contributed by atoms with van der Waals surface area (Å²) in [6.45, 7) is 0. The van der Waals surface area contributed by atoms with Gasteiger partial charge >= 0.3 is 0 Å². The molecule has 0 saturated carbocycles. The fraction of sp³-hybridized carbons (Fsp3) is 0.188. The van der Waals surface area contributed by atoms with E-state index in [9.17, 15) is 9.18 Å². The van der Waals surface area contributed by atoms with Crippen LogP contribution in [0.2, 0.25) is 0 Å². The molecule has 3 heterocycles. The Morgan fingerprint density at radius 3 is 2.67 bits per heavy atom. The van der Waals surface area contributed by atoms with Crippen LogP contribution in [0.5, 0.6) is 11.6 Å². The normalized spacial score (nSPS) is 10.7. The maximum atomic E-state index is 14.1. The number of halogens is 1. The molecule has 0 atom stereocenters. The molecule has 0 unspecified atom stereocenters. The molecular weight excluding hydrogens is 315 g/mol. The number of carbonyl (C=O) groups is 1. The number of fused-ring (bicyclic) bond motifs is 1. The lowest BCUT2D eigenvalue weighted by molar-refractivity contribution is -0.105. The lowest BCUT2D eigenvalue weighted by Crippen LogP contribution is -2.01. The van der Waals surface area contributed by atoms with Gasteiger partial charge in [0, 0.05) is 12.4 Å². The number of anilines is 1. The largest absolute Gasteiger partial charge is 0.493 e. The van der Waals surface area contributed by atoms with E-state index in [0.717, 1.165) is 17.1 Å². The smallest absolute Gasteiger partial charge is 0.226 e. The highest BCUT2D eigenvalue weighted by Crippen LogP contribution is 2.40. The number of pyridine rings is 2. The first-order chi connectivity index (χ1) is 11.6. The average molecular weight is 330 g/mol. The summed E-state index contributed by atoms with van der Waals surface area (Å²) >= 11 is 0. The summed E-state index contributed by atoms with van der Waals surface area (Å²) in [5.41, 5.74) is 1.86. The number of rotatable bonds is 5. The van der Waals surface area contributed by atoms with E-state index < -0.39 is 5.82 Å². The molecule has 3 aromatic heterocycles. The highest BCUT2D eigenvalue weighted by molar-refractivity contribution is 5.91. The van der Waals surface area contributed by atoms with Gasteiger partial charge in [-0.3, -0.25) is 4.79 Å². The molecule has 0 radical (unpaired) electrons. The summed E-state index contributed by atoms with van der Waals surface area (Å²) < 4.78 is 26.4. The van der Waals surface area contributed by atoms with Gasteiger partial charge < -0.3 is 19.4 Å². The van der Waals surface area contributed by atoms with Crippen molar-refractivity contribution in [2.24, 2.45) is 7.05 Å². The highest BCUT2D eigenvalue weighted by Gasteiger charge is 2.22. The van der Waals surface area contributed by atoms with E-state index in [-0.39, 0.29) is 11.6 Å². The second-order valence-corrected chi connectivity index (χ2v) is 5.00. The second-order valence-electron chi connectivity index (χ2n) is 5.00. The van der Waals surface area contributed by atoms with E-state index in [2.05, 4.69) is 15.3 Å². The van der Waals surface area contributed by atoms with E-state index in [4.69, 9.17) is 9.47 Å². The van der Waals surface area contributed by atoms with E-state index in [1.807, 2.05) is 17.7 Å². The van der Waals surface area contributed by atoms with Gasteiger partial charge in [-0.2, -0.15) is 0 Å². The first-order valence-corrected chi connectivity index (χ1v) is 7.03. The number of nitrogens with zero attached hydrogens (tertiary/aromatic N) is 3. The zero-order valence-corrected chi connectivity index (χ0v) is 13.3. The monoisotopic (exact) mass is 330 g/mol. The molecule has 0 saturated heterocycles. The molecule has 0 fully saturated rings. The zero-order valence-electron chi connectivity index (χ0n) is 13.3. The predicted octanol–water partition coefficient (Wildman–Crippen LogP) is 2.36. The van der Waals surface area contributed by atoms with Crippen LogP contribution in [-0.4, -0.2) is 35.2 Å². The quantitative estimate of drug-likeness (QED) is 0.727. The Labute approximate surface area is 137 Å². The van der Waals surface area contributed by atoms with Crippen molar-refractivity contribution in [3.8, 4) is 22.9 Å². The van der Waals surface area contributed by atoms with Crippen LogP contribution in [0.4, 0.5) is 10.2 Å². The summed E-state index contributed by atoms with van der Waals surface area (Å²) in [7, 11) is 4.66. The second kappa shape index (κ2) is 6.15. The van der Waals surface area contributed by atoms with Crippen LogP contribution in [0, 0.1) is 5.82 Å². The molecule has 7 nitrogen and oxygen atoms in total. The van der Waals surface area contributed by atoms with Gasteiger partial charge in [0.1, 0.15) is 11.4 Å². The Morgan fingerprint density at radius 2 is 2.00 bits per heavy atom. The van der Waals surface area contributed by atoms with Gasteiger partial charge in [-0.15, -0.1) is 0 Å². The molecular formula is C16H15FN4O3. The lowest BCUT2D eigenvalue weighted by Gasteiger charge is -2.13. The minimum atomic E-state index is -0.583. The van der Waals surface area contributed by atoms with Crippen molar-refractivity contribution in [1.29, 1.82) is 0 Å². The topological polar surface area (TPSA) is 78.3 Å². The van der Waals surface area contributed by atoms with Crippen LogP contribution >= 0.6 is 0 Å². The molecule has 0 aliphatic heterocycles. The van der Waals surface area contributed by atoms with Crippen molar-refractivity contribution in [2.75, 3.05) is 19.5 Å². The van der Waals surface area contributed by atoms with Crippen LogP contribution in [-0.2, 0) is 11.8 Å². The van der Waals surface area contributed by atoms with Gasteiger partial charge in [0.2, 0.25) is 12.3 Å². The molecule has 24 heavy (non-hydrogen) atoms. The van der Waals surface area contributed by atoms with Crippen LogP contribution < -0.4 is 14.8 Å². The summed E-state index contributed by atoms with van der Waals surface area (Å²) in [6, 6.07) is 3.55. The van der Waals surface area contributed by atoms with Crippen molar-refractivity contribution in [2.45, 2.75) is 0 Å². The number of nitrogens with one attached hydrogen (secondary N) is 1. The van der Waals surface area contributed by atoms with Gasteiger partial charge in [0.15, 0.2) is 11.6 Å². The van der Waals surface area contributed by atoms with Crippen molar-refractivity contribution in [1.82, 2.24) is 14.5 Å². The van der Waals surface area contributed by atoms with Gasteiger partial charge in [-0.05, 0) is 12.1 Å². The number of hydrogen-bond donors (Lipinski definition) is 1. The summed E-state index contributed by atoms with van der Waals surface area (Å²) in [6.07, 6.45) is 3.23. The summed E-state index contributed by atoms with van der Waals surface area (Å²) in [5, 5.41) is 3.32. The molecule has 3 aromatic rings. The molecule has 8 heteroatoms. The third-order valence-electron chi connectivity index (χ3n) is 3.74. The Balaban J connectivity index is 2.28. The van der Waals surface area contributed by atoms with Crippen LogP contribution in [0.25, 0.3) is 22.2 Å². The SMILES string of the molecule is COc1ncc(F)c(OC)c1-c1cc2cc(NC=O)ncc2n1C. The lowest BCUT2D eigenvalue weighted by atomic mass is 10.1. The van der Waals surface area contributed by atoms with E-state index in [0.29, 0.717) is 23.5 Å². The highest BCUT2D eigenvalue weighted by atomic mass is 19.1.